The van der Waals surface area contributed by atoms with Crippen molar-refractivity contribution in [2.24, 2.45) is 11.0 Å². The first-order chi connectivity index (χ1) is 13.6. The van der Waals surface area contributed by atoms with Crippen molar-refractivity contribution in [1.29, 1.82) is 0 Å². The second-order valence-electron chi connectivity index (χ2n) is 7.04. The summed E-state index contributed by atoms with van der Waals surface area (Å²) in [5.74, 6) is 0.896. The molecule has 0 unspecified atom stereocenters. The van der Waals surface area contributed by atoms with Crippen LogP contribution in [-0.2, 0) is 4.79 Å². The maximum atomic E-state index is 13.0. The lowest BCUT2D eigenvalue weighted by molar-refractivity contribution is -0.124. The van der Waals surface area contributed by atoms with Gasteiger partial charge in [-0.3, -0.25) is 4.79 Å². The van der Waals surface area contributed by atoms with Crippen molar-refractivity contribution >= 4 is 44.0 Å². The number of methoxy groups -OCH3 is 1. The first-order valence-corrected chi connectivity index (χ1v) is 11.1. The predicted molar refractivity (Wildman–Crippen MR) is 120 cm³/mol. The van der Waals surface area contributed by atoms with Crippen molar-refractivity contribution in [3.05, 3.63) is 62.5 Å². The summed E-state index contributed by atoms with van der Waals surface area (Å²) in [7, 11) is 1.62. The Morgan fingerprint density at radius 3 is 2.39 bits per heavy atom. The first kappa shape index (κ1) is 21.1. The number of halogens is 2. The number of carbonyl (C=O) groups excluding carboxylic acids is 1. The molecule has 1 amide bonds. The molecule has 1 fully saturated rings. The summed E-state index contributed by atoms with van der Waals surface area (Å²) in [6.45, 7) is 0. The van der Waals surface area contributed by atoms with Crippen LogP contribution >= 0.6 is 31.9 Å². The molecule has 0 heterocycles. The van der Waals surface area contributed by atoms with Crippen LogP contribution in [0.1, 0.15) is 49.1 Å². The molecule has 28 heavy (non-hydrogen) atoms. The summed E-state index contributed by atoms with van der Waals surface area (Å²) < 4.78 is 6.95. The summed E-state index contributed by atoms with van der Waals surface area (Å²) in [6.07, 6.45) is 7.48. The highest BCUT2D eigenvalue weighted by atomic mass is 79.9. The number of hydrogen-bond donors (Lipinski definition) is 1. The Bertz CT molecular complexity index is 811. The molecule has 2 aromatic rings. The summed E-state index contributed by atoms with van der Waals surface area (Å²) in [6, 6.07) is 13.9. The summed E-state index contributed by atoms with van der Waals surface area (Å²) in [5, 5.41) is 4.21. The molecule has 0 radical (unpaired) electrons. The minimum absolute atomic E-state index is 0.0407. The van der Waals surface area contributed by atoms with Gasteiger partial charge in [0.15, 0.2) is 0 Å². The fourth-order valence-electron chi connectivity index (χ4n) is 3.85. The molecule has 1 N–H and O–H groups in total. The zero-order valence-corrected chi connectivity index (χ0v) is 19.0. The van der Waals surface area contributed by atoms with E-state index in [4.69, 9.17) is 4.74 Å². The molecule has 1 saturated carbocycles. The van der Waals surface area contributed by atoms with E-state index >= 15 is 0 Å². The Morgan fingerprint density at radius 2 is 1.79 bits per heavy atom. The second-order valence-corrected chi connectivity index (χ2v) is 8.75. The van der Waals surface area contributed by atoms with Gasteiger partial charge >= 0.3 is 0 Å². The van der Waals surface area contributed by atoms with Crippen molar-refractivity contribution in [2.45, 2.75) is 38.0 Å². The van der Waals surface area contributed by atoms with Crippen LogP contribution in [0.5, 0.6) is 5.75 Å². The number of benzene rings is 2. The van der Waals surface area contributed by atoms with Crippen molar-refractivity contribution in [2.75, 3.05) is 7.11 Å². The van der Waals surface area contributed by atoms with Crippen LogP contribution in [0.2, 0.25) is 0 Å². The number of carbonyl (C=O) groups is 1. The van der Waals surface area contributed by atoms with Gasteiger partial charge in [0.1, 0.15) is 5.75 Å². The maximum Gasteiger partial charge on any atom is 0.247 e. The molecule has 4 nitrogen and oxygen atoms in total. The fourth-order valence-corrected chi connectivity index (χ4v) is 5.40. The standard InChI is InChI=1S/C22H24Br2N2O2/c1-28-21-18(23)12-15(13-19(21)24)14-25-26-22(27)20(16-8-4-2-5-9-16)17-10-6-3-7-11-17/h2,4-5,8-9,12-14,17,20H,3,6-7,10-11H2,1H3,(H,26,27)/b25-14-/t20-/m1/s1. The zero-order valence-electron chi connectivity index (χ0n) is 15.8. The molecule has 0 aromatic heterocycles. The monoisotopic (exact) mass is 506 g/mol. The SMILES string of the molecule is COc1c(Br)cc(/C=N\NC(=O)[C@H](c2ccccc2)C2CCCCC2)cc1Br. The molecular formula is C22H24Br2N2O2. The topological polar surface area (TPSA) is 50.7 Å². The Kier molecular flexibility index (Phi) is 7.68. The lowest BCUT2D eigenvalue weighted by Gasteiger charge is -2.29. The third kappa shape index (κ3) is 5.23. The van der Waals surface area contributed by atoms with Crippen LogP contribution in [0.15, 0.2) is 56.5 Å². The van der Waals surface area contributed by atoms with E-state index in [0.29, 0.717) is 5.92 Å². The minimum atomic E-state index is -0.159. The number of nitrogens with one attached hydrogen (secondary N) is 1. The largest absolute Gasteiger partial charge is 0.494 e. The fraction of sp³-hybridized carbons (Fsp3) is 0.364. The third-order valence-electron chi connectivity index (χ3n) is 5.18. The van der Waals surface area contributed by atoms with Crippen molar-refractivity contribution in [3.8, 4) is 5.75 Å². The summed E-state index contributed by atoms with van der Waals surface area (Å²) >= 11 is 6.96. The van der Waals surface area contributed by atoms with E-state index in [1.165, 1.54) is 19.3 Å². The molecule has 0 saturated heterocycles. The average Bonchev–Trinajstić information content (AvgIpc) is 2.70. The number of hydrogen-bond acceptors (Lipinski definition) is 3. The van der Waals surface area contributed by atoms with Crippen LogP contribution in [-0.4, -0.2) is 19.2 Å². The molecule has 1 aliphatic rings. The third-order valence-corrected chi connectivity index (χ3v) is 6.35. The van der Waals surface area contributed by atoms with Crippen molar-refractivity contribution in [3.63, 3.8) is 0 Å². The summed E-state index contributed by atoms with van der Waals surface area (Å²) in [4.78, 5) is 13.0. The molecule has 0 aliphatic heterocycles. The van der Waals surface area contributed by atoms with Gasteiger partial charge in [0.05, 0.1) is 28.2 Å². The van der Waals surface area contributed by atoms with Gasteiger partial charge in [-0.15, -0.1) is 0 Å². The van der Waals surface area contributed by atoms with Gasteiger partial charge in [0.25, 0.3) is 0 Å². The molecule has 148 valence electrons. The number of ether oxygens (including phenoxy) is 1. The van der Waals surface area contributed by atoms with Crippen molar-refractivity contribution < 1.29 is 9.53 Å². The van der Waals surface area contributed by atoms with Crippen LogP contribution in [0.4, 0.5) is 0 Å². The van der Waals surface area contributed by atoms with E-state index in [2.05, 4.69) is 42.4 Å². The van der Waals surface area contributed by atoms with Gasteiger partial charge in [-0.2, -0.15) is 5.10 Å². The van der Waals surface area contributed by atoms with Gasteiger partial charge in [-0.25, -0.2) is 5.43 Å². The van der Waals surface area contributed by atoms with Gasteiger partial charge in [0, 0.05) is 0 Å². The van der Waals surface area contributed by atoms with Gasteiger partial charge < -0.3 is 4.74 Å². The smallest absolute Gasteiger partial charge is 0.247 e. The number of amides is 1. The van der Waals surface area contributed by atoms with Crippen LogP contribution < -0.4 is 10.2 Å². The van der Waals surface area contributed by atoms with E-state index < -0.39 is 0 Å². The zero-order chi connectivity index (χ0) is 19.9. The molecular weight excluding hydrogens is 484 g/mol. The Labute approximate surface area is 183 Å². The summed E-state index contributed by atoms with van der Waals surface area (Å²) in [5.41, 5.74) is 4.69. The molecule has 0 spiro atoms. The Morgan fingerprint density at radius 1 is 1.14 bits per heavy atom. The van der Waals surface area contributed by atoms with Crippen LogP contribution in [0.3, 0.4) is 0 Å². The molecule has 3 rings (SSSR count). The Balaban J connectivity index is 1.74. The molecule has 0 bridgehead atoms. The lowest BCUT2D eigenvalue weighted by Crippen LogP contribution is -2.31. The van der Waals surface area contributed by atoms with Crippen LogP contribution in [0.25, 0.3) is 0 Å². The van der Waals surface area contributed by atoms with E-state index in [9.17, 15) is 4.79 Å². The average molecular weight is 508 g/mol. The normalized spacial score (nSPS) is 16.1. The Hall–Kier alpha value is -1.66. The minimum Gasteiger partial charge on any atom is -0.494 e. The number of hydrazone groups is 1. The van der Waals surface area contributed by atoms with Gasteiger partial charge in [-0.05, 0) is 73.9 Å². The van der Waals surface area contributed by atoms with Crippen LogP contribution in [0, 0.1) is 5.92 Å². The lowest BCUT2D eigenvalue weighted by atomic mass is 9.76. The van der Waals surface area contributed by atoms with Gasteiger partial charge in [-0.1, -0.05) is 49.6 Å². The van der Waals surface area contributed by atoms with E-state index in [1.807, 2.05) is 42.5 Å². The first-order valence-electron chi connectivity index (χ1n) is 9.51. The number of nitrogens with zero attached hydrogens (tertiary/aromatic N) is 1. The second kappa shape index (κ2) is 10.2. The molecule has 1 aliphatic carbocycles. The maximum absolute atomic E-state index is 13.0. The number of rotatable bonds is 6. The molecule has 6 heteroatoms. The molecule has 2 aromatic carbocycles. The van der Waals surface area contributed by atoms with Gasteiger partial charge in [0.2, 0.25) is 5.91 Å². The highest BCUT2D eigenvalue weighted by Crippen LogP contribution is 2.36. The van der Waals surface area contributed by atoms with E-state index in [-0.39, 0.29) is 11.8 Å². The van der Waals surface area contributed by atoms with Crippen molar-refractivity contribution in [1.82, 2.24) is 5.43 Å². The quantitative estimate of drug-likeness (QED) is 0.383. The highest BCUT2D eigenvalue weighted by molar-refractivity contribution is 9.11. The van der Waals surface area contributed by atoms with E-state index in [0.717, 1.165) is 38.7 Å². The predicted octanol–water partition coefficient (Wildman–Crippen LogP) is 6.03. The molecule has 1 atom stereocenters. The highest BCUT2D eigenvalue weighted by Gasteiger charge is 2.30. The van der Waals surface area contributed by atoms with E-state index in [1.54, 1.807) is 13.3 Å².